The monoisotopic (exact) mass is 724 g/mol. The Hall–Kier alpha value is -7.05. The molecule has 9 aromatic rings. The van der Waals surface area contributed by atoms with E-state index in [1.165, 1.54) is 50.0 Å². The zero-order valence-electron chi connectivity index (χ0n) is 31.3. The van der Waals surface area contributed by atoms with Crippen molar-refractivity contribution in [2.75, 3.05) is 5.73 Å². The lowest BCUT2D eigenvalue weighted by Crippen LogP contribution is -2.28. The summed E-state index contributed by atoms with van der Waals surface area (Å²) >= 11 is 0. The Kier molecular flexibility index (Phi) is 7.08. The van der Waals surface area contributed by atoms with E-state index >= 15 is 0 Å². The molecule has 5 aromatic heterocycles. The molecule has 56 heavy (non-hydrogen) atoms. The molecule has 0 radical (unpaired) electrons. The van der Waals surface area contributed by atoms with Crippen LogP contribution in [0.15, 0.2) is 152 Å². The molecule has 1 unspecified atom stereocenters. The van der Waals surface area contributed by atoms with Crippen LogP contribution in [0.1, 0.15) is 52.9 Å². The summed E-state index contributed by atoms with van der Waals surface area (Å²) in [6.45, 7) is 4.34. The SMILES string of the molecule is C/C=C\c1c(N)n(-c2ccc(-c3ccc(-n4c5c(c6ccc7c(c64)-c4ccccc4C7(c4cccnc4)c4cc[nH]c4)C=C[C@@H](C)C5)cc3)cc2)c2[nH]ccc12. The van der Waals surface area contributed by atoms with Gasteiger partial charge >= 0.3 is 0 Å². The molecule has 0 saturated heterocycles. The van der Waals surface area contributed by atoms with Crippen molar-refractivity contribution in [3.05, 3.63) is 191 Å². The van der Waals surface area contributed by atoms with Crippen molar-refractivity contribution in [2.45, 2.75) is 25.7 Å². The van der Waals surface area contributed by atoms with Gasteiger partial charge < -0.3 is 20.3 Å². The van der Waals surface area contributed by atoms with Crippen LogP contribution in [0.2, 0.25) is 0 Å². The highest BCUT2D eigenvalue weighted by Gasteiger charge is 2.48. The number of nitrogens with one attached hydrogen (secondary N) is 2. The number of benzene rings is 4. The molecular weight excluding hydrogens is 685 g/mol. The smallest absolute Gasteiger partial charge is 0.124 e. The summed E-state index contributed by atoms with van der Waals surface area (Å²) in [5, 5.41) is 2.40. The minimum atomic E-state index is -0.518. The van der Waals surface area contributed by atoms with Crippen LogP contribution < -0.4 is 5.73 Å². The number of allylic oxidation sites excluding steroid dienone is 2. The van der Waals surface area contributed by atoms with Gasteiger partial charge in [-0.1, -0.05) is 98.0 Å². The van der Waals surface area contributed by atoms with Crippen LogP contribution in [0.25, 0.3) is 67.7 Å². The first kappa shape index (κ1) is 32.4. The van der Waals surface area contributed by atoms with Crippen molar-refractivity contribution in [2.24, 2.45) is 5.92 Å². The Balaban J connectivity index is 1.08. The first-order valence-electron chi connectivity index (χ1n) is 19.4. The van der Waals surface area contributed by atoms with Gasteiger partial charge in [-0.05, 0) is 101 Å². The van der Waals surface area contributed by atoms with Crippen LogP contribution in [-0.2, 0) is 11.8 Å². The molecule has 0 fully saturated rings. The summed E-state index contributed by atoms with van der Waals surface area (Å²) in [5.41, 5.74) is 24.1. The number of fused-ring (bicyclic) bond motifs is 8. The summed E-state index contributed by atoms with van der Waals surface area (Å²) in [7, 11) is 0. The number of anilines is 1. The van der Waals surface area contributed by atoms with Crippen molar-refractivity contribution in [1.29, 1.82) is 0 Å². The molecule has 5 heterocycles. The lowest BCUT2D eigenvalue weighted by Gasteiger charge is -2.32. The Morgan fingerprint density at radius 1 is 0.786 bits per heavy atom. The normalized spacial score (nSPS) is 17.2. The number of rotatable bonds is 6. The van der Waals surface area contributed by atoms with Crippen LogP contribution in [0.5, 0.6) is 0 Å². The minimum Gasteiger partial charge on any atom is -0.384 e. The summed E-state index contributed by atoms with van der Waals surface area (Å²) in [4.78, 5) is 11.4. The Labute approximate surface area is 325 Å². The average Bonchev–Trinajstić information content (AvgIpc) is 4.08. The van der Waals surface area contributed by atoms with Crippen LogP contribution >= 0.6 is 0 Å². The highest BCUT2D eigenvalue weighted by Crippen LogP contribution is 2.58. The quantitative estimate of drug-likeness (QED) is 0.160. The van der Waals surface area contributed by atoms with Gasteiger partial charge in [-0.25, -0.2) is 0 Å². The maximum absolute atomic E-state index is 6.70. The largest absolute Gasteiger partial charge is 0.384 e. The third kappa shape index (κ3) is 4.41. The maximum Gasteiger partial charge on any atom is 0.124 e. The van der Waals surface area contributed by atoms with Gasteiger partial charge in [0.05, 0.1) is 10.9 Å². The number of aromatic amines is 2. The molecule has 0 spiro atoms. The lowest BCUT2D eigenvalue weighted by atomic mass is 9.69. The van der Waals surface area contributed by atoms with Crippen molar-refractivity contribution in [3.8, 4) is 33.6 Å². The molecule has 0 bridgehead atoms. The van der Waals surface area contributed by atoms with Crippen LogP contribution in [-0.4, -0.2) is 24.1 Å². The second-order valence-corrected chi connectivity index (χ2v) is 15.2. The van der Waals surface area contributed by atoms with E-state index in [1.807, 2.05) is 37.8 Å². The Bertz CT molecular complexity index is 3010. The van der Waals surface area contributed by atoms with Gasteiger partial charge in [0.1, 0.15) is 11.5 Å². The fourth-order valence-electron chi connectivity index (χ4n) is 9.80. The molecule has 0 amide bonds. The van der Waals surface area contributed by atoms with E-state index in [9.17, 15) is 0 Å². The molecular formula is C50H40N6. The standard InChI is InChI=1S/C50H40N6/c1-3-7-40-41-24-27-54-49(41)56(48(40)51)37-18-14-33(15-19-37)32-12-16-36(17-13-32)55-45-28-31(2)11-20-38(45)39-21-22-44-46(47(39)55)42-9-4-5-10-43(42)50(44,35-23-26-53-30-35)34-8-6-25-52-29-34/h3-27,29-31,53-54H,28,51H2,1-2H3/b7-3-/t31-,50?/m1/s1. The van der Waals surface area contributed by atoms with Crippen LogP contribution in [0.3, 0.4) is 0 Å². The summed E-state index contributed by atoms with van der Waals surface area (Å²) in [6, 6.07) is 40.1. The number of aromatic nitrogens is 5. The summed E-state index contributed by atoms with van der Waals surface area (Å²) in [6.07, 6.45) is 19.9. The van der Waals surface area contributed by atoms with E-state index in [0.29, 0.717) is 5.92 Å². The number of nitrogens with two attached hydrogens (primary N) is 1. The average molecular weight is 725 g/mol. The van der Waals surface area contributed by atoms with Crippen LogP contribution in [0.4, 0.5) is 5.82 Å². The van der Waals surface area contributed by atoms with E-state index < -0.39 is 5.41 Å². The summed E-state index contributed by atoms with van der Waals surface area (Å²) < 4.78 is 4.66. The van der Waals surface area contributed by atoms with Gasteiger partial charge in [0.25, 0.3) is 0 Å². The molecule has 2 atom stereocenters. The lowest BCUT2D eigenvalue weighted by molar-refractivity contribution is 0.690. The van der Waals surface area contributed by atoms with Gasteiger partial charge in [-0.3, -0.25) is 9.55 Å². The summed E-state index contributed by atoms with van der Waals surface area (Å²) in [5.74, 6) is 1.17. The van der Waals surface area contributed by atoms with Gasteiger partial charge in [0.15, 0.2) is 0 Å². The molecule has 6 heteroatoms. The molecule has 4 N–H and O–H groups in total. The molecule has 0 aliphatic heterocycles. The Morgan fingerprint density at radius 3 is 2.30 bits per heavy atom. The third-order valence-corrected chi connectivity index (χ3v) is 12.2. The van der Waals surface area contributed by atoms with Gasteiger partial charge in [0, 0.05) is 75.5 Å². The number of pyridine rings is 1. The van der Waals surface area contributed by atoms with Crippen molar-refractivity contribution < 1.29 is 0 Å². The van der Waals surface area contributed by atoms with Gasteiger partial charge in [-0.2, -0.15) is 0 Å². The number of nitrogens with zero attached hydrogens (tertiary/aromatic N) is 3. The fourth-order valence-corrected chi connectivity index (χ4v) is 9.80. The molecule has 6 nitrogen and oxygen atoms in total. The fraction of sp³-hybridized carbons (Fsp3) is 0.100. The topological polar surface area (TPSA) is 80.3 Å². The number of H-pyrrole nitrogens is 2. The first-order valence-corrected chi connectivity index (χ1v) is 19.4. The second-order valence-electron chi connectivity index (χ2n) is 15.2. The highest BCUT2D eigenvalue weighted by atomic mass is 15.1. The predicted octanol–water partition coefficient (Wildman–Crippen LogP) is 11.5. The van der Waals surface area contributed by atoms with Gasteiger partial charge in [0.2, 0.25) is 0 Å². The zero-order chi connectivity index (χ0) is 37.5. The molecule has 11 rings (SSSR count). The Morgan fingerprint density at radius 2 is 1.57 bits per heavy atom. The van der Waals surface area contributed by atoms with E-state index in [1.54, 1.807) is 0 Å². The van der Waals surface area contributed by atoms with E-state index in [0.717, 1.165) is 56.9 Å². The highest BCUT2D eigenvalue weighted by molar-refractivity contribution is 6.07. The number of nitrogen functional groups attached to an aromatic ring is 1. The maximum atomic E-state index is 6.70. The predicted molar refractivity (Wildman–Crippen MR) is 230 cm³/mol. The van der Waals surface area contributed by atoms with Crippen molar-refractivity contribution in [1.82, 2.24) is 24.1 Å². The second kappa shape index (κ2) is 12.2. The minimum absolute atomic E-state index is 0.439. The van der Waals surface area contributed by atoms with E-state index in [2.05, 4.69) is 165 Å². The zero-order valence-corrected chi connectivity index (χ0v) is 31.3. The molecule has 2 aliphatic rings. The number of hydrogen-bond acceptors (Lipinski definition) is 2. The van der Waals surface area contributed by atoms with Crippen molar-refractivity contribution >= 4 is 39.9 Å². The molecule has 0 saturated carbocycles. The van der Waals surface area contributed by atoms with Crippen LogP contribution in [0, 0.1) is 5.92 Å². The van der Waals surface area contributed by atoms with Crippen molar-refractivity contribution in [3.63, 3.8) is 0 Å². The molecule has 2 aliphatic carbocycles. The third-order valence-electron chi connectivity index (χ3n) is 12.2. The molecule has 270 valence electrons. The van der Waals surface area contributed by atoms with Gasteiger partial charge in [-0.15, -0.1) is 0 Å². The van der Waals surface area contributed by atoms with E-state index in [-0.39, 0.29) is 0 Å². The molecule has 4 aromatic carbocycles. The first-order chi connectivity index (χ1) is 27.6. The van der Waals surface area contributed by atoms with E-state index in [4.69, 9.17) is 5.73 Å². The number of hydrogen-bond donors (Lipinski definition) is 3.